The summed E-state index contributed by atoms with van der Waals surface area (Å²) >= 11 is 0. The van der Waals surface area contributed by atoms with Crippen LogP contribution in [0, 0.1) is 0 Å². The van der Waals surface area contributed by atoms with E-state index in [4.69, 9.17) is 15.2 Å². The minimum atomic E-state index is -0.602. The standard InChI is InChI=1S/C16H20N4O3/c1-22-10-6-7-11(13(9-10)23-2)14-12-5-3-4-8-18-15(12)20(19-14)16(17)21/h6-7,9,18H,3-5,8H2,1-2H3,(H2,17,21). The number of rotatable bonds is 3. The molecule has 0 saturated carbocycles. The zero-order valence-electron chi connectivity index (χ0n) is 13.3. The average molecular weight is 316 g/mol. The summed E-state index contributed by atoms with van der Waals surface area (Å²) in [6.07, 6.45) is 2.89. The Morgan fingerprint density at radius 2 is 2.13 bits per heavy atom. The van der Waals surface area contributed by atoms with Gasteiger partial charge in [0.05, 0.1) is 14.2 Å². The van der Waals surface area contributed by atoms with Crippen molar-refractivity contribution in [3.8, 4) is 22.8 Å². The topological polar surface area (TPSA) is 91.4 Å². The van der Waals surface area contributed by atoms with Crippen molar-refractivity contribution in [1.82, 2.24) is 9.78 Å². The van der Waals surface area contributed by atoms with Crippen LogP contribution in [0.1, 0.15) is 18.4 Å². The summed E-state index contributed by atoms with van der Waals surface area (Å²) in [5, 5.41) is 7.69. The molecule has 7 nitrogen and oxygen atoms in total. The highest BCUT2D eigenvalue weighted by molar-refractivity contribution is 5.83. The van der Waals surface area contributed by atoms with Gasteiger partial charge in [-0.15, -0.1) is 0 Å². The maximum absolute atomic E-state index is 11.7. The molecule has 0 fully saturated rings. The fourth-order valence-electron chi connectivity index (χ4n) is 2.87. The number of carbonyl (C=O) groups is 1. The largest absolute Gasteiger partial charge is 0.497 e. The van der Waals surface area contributed by atoms with Crippen LogP contribution in [-0.2, 0) is 6.42 Å². The Hall–Kier alpha value is -2.70. The number of amides is 1. The van der Waals surface area contributed by atoms with Gasteiger partial charge in [0.15, 0.2) is 0 Å². The van der Waals surface area contributed by atoms with E-state index in [0.29, 0.717) is 23.0 Å². The normalized spacial score (nSPS) is 13.7. The lowest BCUT2D eigenvalue weighted by molar-refractivity contribution is 0.248. The van der Waals surface area contributed by atoms with Crippen molar-refractivity contribution in [3.05, 3.63) is 23.8 Å². The molecule has 122 valence electrons. The van der Waals surface area contributed by atoms with E-state index in [-0.39, 0.29) is 0 Å². The Morgan fingerprint density at radius 1 is 1.30 bits per heavy atom. The number of primary amides is 1. The molecule has 0 radical (unpaired) electrons. The van der Waals surface area contributed by atoms with E-state index >= 15 is 0 Å². The summed E-state index contributed by atoms with van der Waals surface area (Å²) in [4.78, 5) is 11.7. The first-order chi connectivity index (χ1) is 11.2. The highest BCUT2D eigenvalue weighted by Crippen LogP contribution is 2.38. The van der Waals surface area contributed by atoms with Gasteiger partial charge in [-0.05, 0) is 31.4 Å². The van der Waals surface area contributed by atoms with Crippen molar-refractivity contribution in [1.29, 1.82) is 0 Å². The second kappa shape index (κ2) is 6.20. The molecule has 1 aromatic carbocycles. The van der Waals surface area contributed by atoms with Crippen molar-refractivity contribution in [2.75, 3.05) is 26.1 Å². The molecule has 3 rings (SSSR count). The predicted octanol–water partition coefficient (Wildman–Crippen LogP) is 2.24. The van der Waals surface area contributed by atoms with E-state index in [1.54, 1.807) is 20.3 Å². The van der Waals surface area contributed by atoms with Crippen molar-refractivity contribution in [3.63, 3.8) is 0 Å². The highest BCUT2D eigenvalue weighted by atomic mass is 16.5. The van der Waals surface area contributed by atoms with Gasteiger partial charge in [-0.3, -0.25) is 0 Å². The molecule has 7 heteroatoms. The van der Waals surface area contributed by atoms with E-state index in [2.05, 4.69) is 10.4 Å². The minimum Gasteiger partial charge on any atom is -0.497 e. The second-order valence-corrected chi connectivity index (χ2v) is 5.38. The first kappa shape index (κ1) is 15.2. The number of nitrogens with zero attached hydrogens (tertiary/aromatic N) is 2. The lowest BCUT2D eigenvalue weighted by Gasteiger charge is -2.10. The summed E-state index contributed by atoms with van der Waals surface area (Å²) < 4.78 is 11.9. The number of carbonyl (C=O) groups excluding carboxylic acids is 1. The monoisotopic (exact) mass is 316 g/mol. The van der Waals surface area contributed by atoms with Crippen LogP contribution in [0.2, 0.25) is 0 Å². The number of anilines is 1. The van der Waals surface area contributed by atoms with Crippen LogP contribution < -0.4 is 20.5 Å². The summed E-state index contributed by atoms with van der Waals surface area (Å²) in [5.74, 6) is 2.03. The fraction of sp³-hybridized carbons (Fsp3) is 0.375. The molecule has 0 spiro atoms. The van der Waals surface area contributed by atoms with Gasteiger partial charge < -0.3 is 20.5 Å². The lowest BCUT2D eigenvalue weighted by Crippen LogP contribution is -2.23. The molecule has 2 heterocycles. The second-order valence-electron chi connectivity index (χ2n) is 5.38. The molecule has 0 saturated heterocycles. The van der Waals surface area contributed by atoms with Gasteiger partial charge in [-0.2, -0.15) is 9.78 Å². The Morgan fingerprint density at radius 3 is 2.83 bits per heavy atom. The van der Waals surface area contributed by atoms with Crippen LogP contribution in [0.3, 0.4) is 0 Å². The predicted molar refractivity (Wildman–Crippen MR) is 87.2 cm³/mol. The quantitative estimate of drug-likeness (QED) is 0.906. The number of nitrogens with two attached hydrogens (primary N) is 1. The Bertz CT molecular complexity index is 739. The molecule has 0 aliphatic carbocycles. The first-order valence-corrected chi connectivity index (χ1v) is 7.53. The van der Waals surface area contributed by atoms with Crippen molar-refractivity contribution >= 4 is 11.8 Å². The van der Waals surface area contributed by atoms with Crippen molar-refractivity contribution in [2.24, 2.45) is 5.73 Å². The number of fused-ring (bicyclic) bond motifs is 1. The molecule has 0 bridgehead atoms. The lowest BCUT2D eigenvalue weighted by atomic mass is 10.0. The number of aromatic nitrogens is 2. The van der Waals surface area contributed by atoms with Gasteiger partial charge in [0, 0.05) is 23.7 Å². The van der Waals surface area contributed by atoms with Crippen LogP contribution >= 0.6 is 0 Å². The number of methoxy groups -OCH3 is 2. The number of hydrogen-bond donors (Lipinski definition) is 2. The van der Waals surface area contributed by atoms with Gasteiger partial charge in [-0.1, -0.05) is 0 Å². The summed E-state index contributed by atoms with van der Waals surface area (Å²) in [6, 6.07) is 4.93. The first-order valence-electron chi connectivity index (χ1n) is 7.53. The van der Waals surface area contributed by atoms with Crippen LogP contribution in [-0.4, -0.2) is 36.6 Å². The minimum absolute atomic E-state index is 0.602. The maximum atomic E-state index is 11.7. The van der Waals surface area contributed by atoms with E-state index in [9.17, 15) is 4.79 Å². The molecule has 0 atom stereocenters. The van der Waals surface area contributed by atoms with Gasteiger partial charge in [0.25, 0.3) is 0 Å². The molecular formula is C16H20N4O3. The molecule has 1 aliphatic rings. The van der Waals surface area contributed by atoms with Gasteiger partial charge in [0.1, 0.15) is 23.0 Å². The van der Waals surface area contributed by atoms with Crippen molar-refractivity contribution < 1.29 is 14.3 Å². The van der Waals surface area contributed by atoms with E-state index < -0.39 is 6.03 Å². The zero-order chi connectivity index (χ0) is 16.4. The Kier molecular flexibility index (Phi) is 4.10. The molecule has 1 aromatic heterocycles. The average Bonchev–Trinajstić information content (AvgIpc) is 2.76. The third-order valence-electron chi connectivity index (χ3n) is 4.00. The Labute approximate surface area is 134 Å². The van der Waals surface area contributed by atoms with Crippen molar-refractivity contribution in [2.45, 2.75) is 19.3 Å². The molecular weight excluding hydrogens is 296 g/mol. The number of nitrogens with one attached hydrogen (secondary N) is 1. The number of benzene rings is 1. The number of hydrogen-bond acceptors (Lipinski definition) is 5. The third kappa shape index (κ3) is 2.69. The van der Waals surface area contributed by atoms with E-state index in [1.165, 1.54) is 4.68 Å². The molecule has 0 unspecified atom stereocenters. The SMILES string of the molecule is COc1ccc(-c2nn(C(N)=O)c3c2CCCCN3)c(OC)c1. The van der Waals surface area contributed by atoms with Crippen LogP contribution in [0.25, 0.3) is 11.3 Å². The molecule has 3 N–H and O–H groups in total. The highest BCUT2D eigenvalue weighted by Gasteiger charge is 2.24. The number of ether oxygens (including phenoxy) is 2. The summed E-state index contributed by atoms with van der Waals surface area (Å²) in [7, 11) is 3.20. The third-order valence-corrected chi connectivity index (χ3v) is 4.00. The Balaban J connectivity index is 2.18. The smallest absolute Gasteiger partial charge is 0.341 e. The summed E-state index contributed by atoms with van der Waals surface area (Å²) in [5.41, 5.74) is 7.99. The zero-order valence-corrected chi connectivity index (χ0v) is 13.3. The van der Waals surface area contributed by atoms with Gasteiger partial charge in [0.2, 0.25) is 0 Å². The van der Waals surface area contributed by atoms with Crippen LogP contribution in [0.5, 0.6) is 11.5 Å². The van der Waals surface area contributed by atoms with E-state index in [0.717, 1.165) is 36.9 Å². The van der Waals surface area contributed by atoms with Crippen LogP contribution in [0.4, 0.5) is 10.6 Å². The molecule has 1 aliphatic heterocycles. The maximum Gasteiger partial charge on any atom is 0.341 e. The van der Waals surface area contributed by atoms with Gasteiger partial charge in [-0.25, -0.2) is 4.79 Å². The van der Waals surface area contributed by atoms with Crippen LogP contribution in [0.15, 0.2) is 18.2 Å². The molecule has 23 heavy (non-hydrogen) atoms. The molecule has 1 amide bonds. The van der Waals surface area contributed by atoms with E-state index in [1.807, 2.05) is 12.1 Å². The summed E-state index contributed by atoms with van der Waals surface area (Å²) in [6.45, 7) is 0.797. The molecule has 2 aromatic rings. The van der Waals surface area contributed by atoms with Gasteiger partial charge >= 0.3 is 6.03 Å². The fourth-order valence-corrected chi connectivity index (χ4v) is 2.87.